The number of hydrogen-bond acceptors (Lipinski definition) is 4. The van der Waals surface area contributed by atoms with E-state index in [2.05, 4.69) is 4.98 Å². The van der Waals surface area contributed by atoms with Crippen molar-refractivity contribution in [1.29, 1.82) is 0 Å². The van der Waals surface area contributed by atoms with E-state index in [1.165, 1.54) is 0 Å². The average molecular weight is 275 g/mol. The number of nitrogens with zero attached hydrogens (tertiary/aromatic N) is 1. The lowest BCUT2D eigenvalue weighted by Gasteiger charge is -2.32. The first kappa shape index (κ1) is 15.2. The molecule has 20 heavy (non-hydrogen) atoms. The molecule has 0 unspecified atom stereocenters. The fraction of sp³-hybridized carbons (Fsp3) is 0.533. The molecule has 0 radical (unpaired) electrons. The zero-order valence-corrected chi connectivity index (χ0v) is 12.8. The second-order valence-corrected chi connectivity index (χ2v) is 6.01. The molecule has 0 spiro atoms. The van der Waals surface area contributed by atoms with Crippen LogP contribution in [0.5, 0.6) is 0 Å². The number of rotatable bonds is 4. The Balaban J connectivity index is 2.00. The fourth-order valence-corrected chi connectivity index (χ4v) is 1.93. The second kappa shape index (κ2) is 5.68. The summed E-state index contributed by atoms with van der Waals surface area (Å²) in [4.78, 5) is 4.35. The van der Waals surface area contributed by atoms with E-state index >= 15 is 0 Å². The van der Waals surface area contributed by atoms with Crippen LogP contribution in [0.2, 0.25) is 0 Å². The van der Waals surface area contributed by atoms with Crippen LogP contribution in [0.15, 0.2) is 24.3 Å². The number of pyridine rings is 1. The van der Waals surface area contributed by atoms with Crippen LogP contribution in [-0.4, -0.2) is 30.4 Å². The second-order valence-electron chi connectivity index (χ2n) is 6.01. The van der Waals surface area contributed by atoms with E-state index in [9.17, 15) is 0 Å². The van der Waals surface area contributed by atoms with E-state index in [0.717, 1.165) is 11.3 Å². The molecule has 5 heteroatoms. The third-order valence-electron chi connectivity index (χ3n) is 3.85. The summed E-state index contributed by atoms with van der Waals surface area (Å²) >= 11 is 0. The molecule has 0 N–H and O–H groups in total. The third kappa shape index (κ3) is 3.29. The summed E-state index contributed by atoms with van der Waals surface area (Å²) in [5.41, 5.74) is 1.31. The molecule has 1 aliphatic heterocycles. The quantitative estimate of drug-likeness (QED) is 0.792. The summed E-state index contributed by atoms with van der Waals surface area (Å²) in [5, 5.41) is 0. The Morgan fingerprint density at radius 3 is 2.35 bits per heavy atom. The van der Waals surface area contributed by atoms with Gasteiger partial charge >= 0.3 is 7.12 Å². The smallest absolute Gasteiger partial charge is 0.400 e. The molecule has 0 bridgehead atoms. The van der Waals surface area contributed by atoms with Crippen LogP contribution in [0.25, 0.3) is 6.08 Å². The van der Waals surface area contributed by atoms with Gasteiger partial charge in [0.2, 0.25) is 0 Å². The maximum absolute atomic E-state index is 5.89. The topological polar surface area (TPSA) is 40.6 Å². The van der Waals surface area contributed by atoms with E-state index in [1.54, 1.807) is 7.11 Å². The lowest BCUT2D eigenvalue weighted by atomic mass is 9.89. The van der Waals surface area contributed by atoms with Crippen LogP contribution >= 0.6 is 0 Å². The Morgan fingerprint density at radius 2 is 1.85 bits per heavy atom. The molecule has 4 nitrogen and oxygen atoms in total. The van der Waals surface area contributed by atoms with Gasteiger partial charge in [-0.1, -0.05) is 12.0 Å². The highest BCUT2D eigenvalue weighted by atomic mass is 16.7. The van der Waals surface area contributed by atoms with Gasteiger partial charge in [0.25, 0.3) is 0 Å². The molecule has 1 aromatic heterocycles. The summed E-state index contributed by atoms with van der Waals surface area (Å²) in [6, 6.07) is 3.95. The maximum atomic E-state index is 5.89. The molecule has 1 aromatic rings. The first-order chi connectivity index (χ1) is 9.34. The van der Waals surface area contributed by atoms with Gasteiger partial charge < -0.3 is 14.0 Å². The van der Waals surface area contributed by atoms with Crippen LogP contribution in [-0.2, 0) is 20.7 Å². The van der Waals surface area contributed by atoms with Crippen molar-refractivity contribution >= 4 is 13.2 Å². The molecule has 0 amide bonds. The predicted molar refractivity (Wildman–Crippen MR) is 80.1 cm³/mol. The van der Waals surface area contributed by atoms with Crippen LogP contribution in [0.4, 0.5) is 0 Å². The van der Waals surface area contributed by atoms with Crippen molar-refractivity contribution in [2.45, 2.75) is 45.5 Å². The van der Waals surface area contributed by atoms with Gasteiger partial charge in [0.05, 0.1) is 23.5 Å². The Labute approximate surface area is 121 Å². The van der Waals surface area contributed by atoms with Gasteiger partial charge in [0.15, 0.2) is 0 Å². The van der Waals surface area contributed by atoms with Crippen molar-refractivity contribution in [1.82, 2.24) is 4.98 Å². The molecular formula is C15H22BNO3. The Kier molecular flexibility index (Phi) is 4.32. The molecular weight excluding hydrogens is 253 g/mol. The van der Waals surface area contributed by atoms with Gasteiger partial charge in [-0.05, 0) is 45.4 Å². The van der Waals surface area contributed by atoms with Gasteiger partial charge in [-0.2, -0.15) is 0 Å². The van der Waals surface area contributed by atoms with Gasteiger partial charge in [0.1, 0.15) is 0 Å². The largest absolute Gasteiger partial charge is 0.487 e. The molecule has 1 saturated heterocycles. The Morgan fingerprint density at radius 1 is 1.20 bits per heavy atom. The Hall–Kier alpha value is -1.17. The lowest BCUT2D eigenvalue weighted by molar-refractivity contribution is 0.00578. The van der Waals surface area contributed by atoms with E-state index in [0.29, 0.717) is 6.61 Å². The highest BCUT2D eigenvalue weighted by molar-refractivity contribution is 6.52. The monoisotopic (exact) mass is 275 g/mol. The summed E-state index contributed by atoms with van der Waals surface area (Å²) in [5.74, 6) is 1.90. The van der Waals surface area contributed by atoms with E-state index < -0.39 is 0 Å². The molecule has 108 valence electrons. The fourth-order valence-electron chi connectivity index (χ4n) is 1.93. The number of methoxy groups -OCH3 is 1. The molecule has 0 aromatic carbocycles. The van der Waals surface area contributed by atoms with Crippen molar-refractivity contribution in [2.24, 2.45) is 0 Å². The first-order valence-electron chi connectivity index (χ1n) is 6.82. The van der Waals surface area contributed by atoms with Crippen molar-refractivity contribution in [2.75, 3.05) is 7.11 Å². The predicted octanol–water partition coefficient (Wildman–Crippen LogP) is 2.87. The molecule has 1 fully saturated rings. The molecule has 0 saturated carbocycles. The summed E-state index contributed by atoms with van der Waals surface area (Å²) < 4.78 is 16.8. The third-order valence-corrected chi connectivity index (χ3v) is 3.85. The van der Waals surface area contributed by atoms with Gasteiger partial charge in [-0.3, -0.25) is 4.98 Å². The maximum Gasteiger partial charge on any atom is 0.487 e. The summed E-state index contributed by atoms with van der Waals surface area (Å²) in [7, 11) is 1.34. The summed E-state index contributed by atoms with van der Waals surface area (Å²) in [6.45, 7) is 8.74. The van der Waals surface area contributed by atoms with E-state index in [-0.39, 0.29) is 18.3 Å². The normalized spacial score (nSPS) is 20.8. The highest BCUT2D eigenvalue weighted by Gasteiger charge is 2.49. The molecule has 0 aliphatic carbocycles. The van der Waals surface area contributed by atoms with Gasteiger partial charge in [-0.15, -0.1) is 0 Å². The van der Waals surface area contributed by atoms with Crippen LogP contribution in [0, 0.1) is 0 Å². The van der Waals surface area contributed by atoms with Gasteiger partial charge in [0, 0.05) is 13.3 Å². The minimum atomic E-state index is -0.333. The van der Waals surface area contributed by atoms with E-state index in [4.69, 9.17) is 14.0 Å². The van der Waals surface area contributed by atoms with Gasteiger partial charge in [-0.25, -0.2) is 0 Å². The van der Waals surface area contributed by atoms with Crippen molar-refractivity contribution < 1.29 is 14.0 Å². The molecule has 2 rings (SSSR count). The zero-order valence-electron chi connectivity index (χ0n) is 12.8. The lowest BCUT2D eigenvalue weighted by Crippen LogP contribution is -2.41. The molecule has 2 heterocycles. The van der Waals surface area contributed by atoms with Crippen molar-refractivity contribution in [3.05, 3.63) is 35.6 Å². The minimum Gasteiger partial charge on any atom is -0.400 e. The van der Waals surface area contributed by atoms with Crippen molar-refractivity contribution in [3.8, 4) is 0 Å². The van der Waals surface area contributed by atoms with Crippen LogP contribution in [0.1, 0.15) is 39.0 Å². The number of ether oxygens (including phenoxy) is 1. The number of hydrogen-bond donors (Lipinski definition) is 0. The Bertz CT molecular complexity index is 466. The first-order valence-corrected chi connectivity index (χ1v) is 6.82. The highest BCUT2D eigenvalue weighted by Crippen LogP contribution is 2.36. The van der Waals surface area contributed by atoms with E-state index in [1.807, 2.05) is 58.1 Å². The zero-order chi connectivity index (χ0) is 14.8. The summed E-state index contributed by atoms with van der Waals surface area (Å²) in [6.07, 6.45) is 3.73. The van der Waals surface area contributed by atoms with Crippen molar-refractivity contribution in [3.63, 3.8) is 0 Å². The number of aromatic nitrogens is 1. The van der Waals surface area contributed by atoms with Crippen LogP contribution in [0.3, 0.4) is 0 Å². The minimum absolute atomic E-state index is 0.308. The molecule has 0 atom stereocenters. The standard InChI is InChI=1S/C15H22BNO3/c1-14(2)15(3,4)20-16(19-14)9-8-13-7-6-12(10-17-13)11-18-5/h6-10H,11H2,1-5H3/b9-8+. The SMILES string of the molecule is COCc1ccc(/C=C/B2OC(C)(C)C(C)(C)O2)nc1. The van der Waals surface area contributed by atoms with Crippen LogP contribution < -0.4 is 0 Å². The molecule has 1 aliphatic rings. The average Bonchev–Trinajstić information content (AvgIpc) is 2.57.